The fourth-order valence-corrected chi connectivity index (χ4v) is 2.12. The fraction of sp³-hybridized carbons (Fsp3) is 0. The van der Waals surface area contributed by atoms with Gasteiger partial charge < -0.3 is 10.1 Å². The summed E-state index contributed by atoms with van der Waals surface area (Å²) in [6.07, 6.45) is 3.32. The van der Waals surface area contributed by atoms with Crippen molar-refractivity contribution >= 4 is 29.1 Å². The molecule has 3 heterocycles. The minimum atomic E-state index is -0.276. The fourth-order valence-electron chi connectivity index (χ4n) is 1.50. The Morgan fingerprint density at radius 3 is 3.18 bits per heavy atom. The van der Waals surface area contributed by atoms with Crippen LogP contribution in [0.2, 0.25) is 0 Å². The predicted octanol–water partition coefficient (Wildman–Crippen LogP) is 2.52. The monoisotopic (exact) mass is 244 g/mol. The van der Waals surface area contributed by atoms with Gasteiger partial charge in [-0.3, -0.25) is 4.79 Å². The van der Waals surface area contributed by atoms with Crippen LogP contribution in [0.3, 0.4) is 0 Å². The summed E-state index contributed by atoms with van der Waals surface area (Å²) < 4.78 is 5.51. The third kappa shape index (κ3) is 1.92. The van der Waals surface area contributed by atoms with Gasteiger partial charge in [-0.2, -0.15) is 11.3 Å². The molecular formula is C12H8N2O2S. The van der Waals surface area contributed by atoms with Gasteiger partial charge in [0.25, 0.3) is 5.91 Å². The molecule has 0 aromatic carbocycles. The molecule has 0 aliphatic carbocycles. The number of carbonyl (C=O) groups is 1. The van der Waals surface area contributed by atoms with Gasteiger partial charge in [0.2, 0.25) is 0 Å². The first-order valence-corrected chi connectivity index (χ1v) is 5.95. The van der Waals surface area contributed by atoms with Crippen LogP contribution >= 0.6 is 11.3 Å². The summed E-state index contributed by atoms with van der Waals surface area (Å²) in [6, 6.07) is 5.45. The summed E-state index contributed by atoms with van der Waals surface area (Å²) >= 11 is 1.57. The maximum absolute atomic E-state index is 11.7. The second-order valence-corrected chi connectivity index (χ2v) is 4.25. The highest BCUT2D eigenvalue weighted by molar-refractivity contribution is 7.08. The number of anilines is 1. The summed E-state index contributed by atoms with van der Waals surface area (Å²) in [5.41, 5.74) is 0.951. The second-order valence-electron chi connectivity index (χ2n) is 3.47. The second kappa shape index (κ2) is 4.03. The minimum absolute atomic E-state index is 0.276. The third-order valence-electron chi connectivity index (χ3n) is 2.29. The summed E-state index contributed by atoms with van der Waals surface area (Å²) in [4.78, 5) is 15.8. The maximum Gasteiger partial charge on any atom is 0.292 e. The first kappa shape index (κ1) is 10.0. The average Bonchev–Trinajstić information content (AvgIpc) is 2.83. The maximum atomic E-state index is 11.7. The van der Waals surface area contributed by atoms with Crippen LogP contribution in [-0.4, -0.2) is 10.9 Å². The number of aromatic nitrogens is 1. The van der Waals surface area contributed by atoms with Gasteiger partial charge >= 0.3 is 0 Å². The lowest BCUT2D eigenvalue weighted by molar-refractivity contribution is -0.115. The van der Waals surface area contributed by atoms with Gasteiger partial charge in [0, 0.05) is 6.20 Å². The van der Waals surface area contributed by atoms with Crippen LogP contribution in [0.5, 0.6) is 5.75 Å². The topological polar surface area (TPSA) is 51.2 Å². The third-order valence-corrected chi connectivity index (χ3v) is 2.99. The van der Waals surface area contributed by atoms with Crippen molar-refractivity contribution in [3.63, 3.8) is 0 Å². The van der Waals surface area contributed by atoms with Gasteiger partial charge in [-0.25, -0.2) is 4.98 Å². The molecule has 0 atom stereocenters. The van der Waals surface area contributed by atoms with E-state index in [1.54, 1.807) is 35.7 Å². The molecule has 0 bridgehead atoms. The van der Waals surface area contributed by atoms with Gasteiger partial charge in [0.15, 0.2) is 17.3 Å². The number of hydrogen-bond acceptors (Lipinski definition) is 4. The molecule has 1 aliphatic heterocycles. The van der Waals surface area contributed by atoms with Crippen LogP contribution in [0.25, 0.3) is 6.08 Å². The average molecular weight is 244 g/mol. The molecular weight excluding hydrogens is 236 g/mol. The quantitative estimate of drug-likeness (QED) is 0.784. The number of pyridine rings is 1. The molecule has 0 saturated carbocycles. The lowest BCUT2D eigenvalue weighted by Crippen LogP contribution is -2.24. The largest absolute Gasteiger partial charge is 0.448 e. The van der Waals surface area contributed by atoms with E-state index in [1.165, 1.54) is 0 Å². The van der Waals surface area contributed by atoms with Crippen LogP contribution in [-0.2, 0) is 4.79 Å². The zero-order chi connectivity index (χ0) is 11.7. The van der Waals surface area contributed by atoms with Crippen molar-refractivity contribution in [3.8, 4) is 5.75 Å². The summed E-state index contributed by atoms with van der Waals surface area (Å²) in [5, 5.41) is 6.58. The zero-order valence-electron chi connectivity index (χ0n) is 8.71. The van der Waals surface area contributed by atoms with Crippen molar-refractivity contribution in [3.05, 3.63) is 46.5 Å². The van der Waals surface area contributed by atoms with E-state index in [0.717, 1.165) is 5.56 Å². The van der Waals surface area contributed by atoms with Gasteiger partial charge in [0.1, 0.15) is 0 Å². The first-order valence-electron chi connectivity index (χ1n) is 5.01. The zero-order valence-corrected chi connectivity index (χ0v) is 9.53. The molecule has 0 spiro atoms. The summed E-state index contributed by atoms with van der Waals surface area (Å²) in [6.45, 7) is 0. The molecule has 1 amide bonds. The predicted molar refractivity (Wildman–Crippen MR) is 65.8 cm³/mol. The molecule has 0 unspecified atom stereocenters. The Labute approximate surface area is 102 Å². The number of nitrogens with zero attached hydrogens (tertiary/aromatic N) is 1. The van der Waals surface area contributed by atoms with E-state index < -0.39 is 0 Å². The molecule has 4 nitrogen and oxygen atoms in total. The molecule has 1 N–H and O–H groups in total. The Hall–Kier alpha value is -2.14. The van der Waals surface area contributed by atoms with Crippen LogP contribution in [0.15, 0.2) is 40.9 Å². The van der Waals surface area contributed by atoms with Crippen LogP contribution in [0.1, 0.15) is 5.56 Å². The van der Waals surface area contributed by atoms with Crippen LogP contribution < -0.4 is 10.1 Å². The number of rotatable bonds is 1. The van der Waals surface area contributed by atoms with E-state index in [4.69, 9.17) is 4.74 Å². The molecule has 2 aromatic heterocycles. The van der Waals surface area contributed by atoms with Crippen molar-refractivity contribution in [1.82, 2.24) is 4.98 Å². The van der Waals surface area contributed by atoms with Crippen LogP contribution in [0.4, 0.5) is 5.82 Å². The van der Waals surface area contributed by atoms with Crippen molar-refractivity contribution < 1.29 is 9.53 Å². The Balaban J connectivity index is 1.97. The van der Waals surface area contributed by atoms with E-state index >= 15 is 0 Å². The van der Waals surface area contributed by atoms with E-state index in [1.807, 2.05) is 16.8 Å². The molecule has 84 valence electrons. The number of thiophene rings is 1. The van der Waals surface area contributed by atoms with Crippen molar-refractivity contribution in [2.75, 3.05) is 5.32 Å². The Morgan fingerprint density at radius 2 is 2.35 bits per heavy atom. The van der Waals surface area contributed by atoms with Gasteiger partial charge in [-0.1, -0.05) is 0 Å². The van der Waals surface area contributed by atoms with E-state index in [0.29, 0.717) is 11.6 Å². The number of ether oxygens (including phenoxy) is 1. The summed E-state index contributed by atoms with van der Waals surface area (Å²) in [5.74, 6) is 1.03. The van der Waals surface area contributed by atoms with Gasteiger partial charge in [0.05, 0.1) is 0 Å². The summed E-state index contributed by atoms with van der Waals surface area (Å²) in [7, 11) is 0. The highest BCUT2D eigenvalue weighted by atomic mass is 32.1. The molecule has 3 rings (SSSR count). The SMILES string of the molecule is O=C1Nc2ncccc2O/C1=C\c1ccsc1. The molecule has 0 radical (unpaired) electrons. The molecule has 17 heavy (non-hydrogen) atoms. The number of hydrogen-bond donors (Lipinski definition) is 1. The van der Waals surface area contributed by atoms with Gasteiger partial charge in [-0.15, -0.1) is 0 Å². The Bertz CT molecular complexity index is 590. The number of fused-ring (bicyclic) bond motifs is 1. The lowest BCUT2D eigenvalue weighted by atomic mass is 10.2. The van der Waals surface area contributed by atoms with Gasteiger partial charge in [-0.05, 0) is 40.6 Å². The van der Waals surface area contributed by atoms with Crippen LogP contribution in [0, 0.1) is 0 Å². The highest BCUT2D eigenvalue weighted by Gasteiger charge is 2.22. The molecule has 2 aromatic rings. The Morgan fingerprint density at radius 1 is 1.41 bits per heavy atom. The number of carbonyl (C=O) groups excluding carboxylic acids is 1. The number of nitrogens with one attached hydrogen (secondary N) is 1. The van der Waals surface area contributed by atoms with Crippen molar-refractivity contribution in [1.29, 1.82) is 0 Å². The van der Waals surface area contributed by atoms with E-state index in [2.05, 4.69) is 10.3 Å². The smallest absolute Gasteiger partial charge is 0.292 e. The highest BCUT2D eigenvalue weighted by Crippen LogP contribution is 2.28. The number of amides is 1. The molecule has 1 aliphatic rings. The minimum Gasteiger partial charge on any atom is -0.448 e. The van der Waals surface area contributed by atoms with Crippen molar-refractivity contribution in [2.45, 2.75) is 0 Å². The normalized spacial score (nSPS) is 16.2. The standard InChI is InChI=1S/C12H8N2O2S/c15-12-10(6-8-3-5-17-7-8)16-9-2-1-4-13-11(9)14-12/h1-7H,(H,13,14,15)/b10-6-. The van der Waals surface area contributed by atoms with Crippen molar-refractivity contribution in [2.24, 2.45) is 0 Å². The first-order chi connectivity index (χ1) is 8.33. The lowest BCUT2D eigenvalue weighted by Gasteiger charge is -2.18. The van der Waals surface area contributed by atoms with E-state index in [-0.39, 0.29) is 11.7 Å². The molecule has 5 heteroatoms. The molecule has 0 fully saturated rings. The van der Waals surface area contributed by atoms with E-state index in [9.17, 15) is 4.79 Å². The molecule has 0 saturated heterocycles. The Kier molecular flexibility index (Phi) is 2.38.